The maximum Gasteiger partial charge on any atom is 0.267 e. The number of rotatable bonds is 4. The van der Waals surface area contributed by atoms with E-state index in [9.17, 15) is 8.42 Å². The van der Waals surface area contributed by atoms with Crippen molar-refractivity contribution in [1.29, 1.82) is 0 Å². The fraction of sp³-hybridized carbons (Fsp3) is 1.00. The van der Waals surface area contributed by atoms with Crippen LogP contribution in [0.5, 0.6) is 0 Å². The van der Waals surface area contributed by atoms with Crippen LogP contribution in [0.3, 0.4) is 0 Å². The van der Waals surface area contributed by atoms with Crippen LogP contribution in [0.15, 0.2) is 0 Å². The highest BCUT2D eigenvalue weighted by Crippen LogP contribution is 2.25. The molecule has 0 unspecified atom stereocenters. The largest absolute Gasteiger partial charge is 0.394 e. The van der Waals surface area contributed by atoms with Gasteiger partial charge in [0.1, 0.15) is 0 Å². The smallest absolute Gasteiger partial charge is 0.267 e. The molecule has 1 fully saturated rings. The van der Waals surface area contributed by atoms with Crippen molar-refractivity contribution in [3.63, 3.8) is 0 Å². The van der Waals surface area contributed by atoms with Gasteiger partial charge in [0.15, 0.2) is 0 Å². The second kappa shape index (κ2) is 5.06. The SMILES string of the molecule is O=S(=O)(O)C1CCC(OCCO)CC1. The van der Waals surface area contributed by atoms with Gasteiger partial charge in [-0.25, -0.2) is 0 Å². The van der Waals surface area contributed by atoms with E-state index in [1.807, 2.05) is 0 Å². The van der Waals surface area contributed by atoms with Crippen LogP contribution in [0, 0.1) is 0 Å². The molecule has 0 aromatic heterocycles. The summed E-state index contributed by atoms with van der Waals surface area (Å²) in [6, 6.07) is 0. The molecule has 6 heteroatoms. The molecular formula is C8H16O5S. The normalized spacial score (nSPS) is 29.0. The molecule has 0 bridgehead atoms. The molecule has 0 aliphatic heterocycles. The van der Waals surface area contributed by atoms with E-state index in [1.54, 1.807) is 0 Å². The lowest BCUT2D eigenvalue weighted by Gasteiger charge is -2.26. The summed E-state index contributed by atoms with van der Waals surface area (Å²) < 4.78 is 35.6. The first-order valence-electron chi connectivity index (χ1n) is 4.73. The van der Waals surface area contributed by atoms with Gasteiger partial charge in [-0.1, -0.05) is 0 Å². The predicted molar refractivity (Wildman–Crippen MR) is 50.6 cm³/mol. The highest BCUT2D eigenvalue weighted by atomic mass is 32.2. The highest BCUT2D eigenvalue weighted by Gasteiger charge is 2.29. The second-order valence-electron chi connectivity index (χ2n) is 3.51. The fourth-order valence-electron chi connectivity index (χ4n) is 1.72. The monoisotopic (exact) mass is 224 g/mol. The maximum atomic E-state index is 10.8. The van der Waals surface area contributed by atoms with Gasteiger partial charge in [0.05, 0.1) is 24.6 Å². The first-order chi connectivity index (χ1) is 6.54. The first kappa shape index (κ1) is 11.9. The molecule has 2 N–H and O–H groups in total. The molecule has 0 aromatic rings. The summed E-state index contributed by atoms with van der Waals surface area (Å²) in [5, 5.41) is 7.89. The molecular weight excluding hydrogens is 208 g/mol. The summed E-state index contributed by atoms with van der Waals surface area (Å²) in [5.41, 5.74) is 0. The van der Waals surface area contributed by atoms with E-state index in [1.165, 1.54) is 0 Å². The zero-order valence-corrected chi connectivity index (χ0v) is 8.74. The van der Waals surface area contributed by atoms with Crippen molar-refractivity contribution in [2.45, 2.75) is 37.0 Å². The molecule has 14 heavy (non-hydrogen) atoms. The zero-order valence-electron chi connectivity index (χ0n) is 7.92. The van der Waals surface area contributed by atoms with Crippen LogP contribution in [0.1, 0.15) is 25.7 Å². The Hall–Kier alpha value is -0.170. The maximum absolute atomic E-state index is 10.8. The number of hydrogen-bond acceptors (Lipinski definition) is 4. The Bertz CT molecular complexity index is 253. The van der Waals surface area contributed by atoms with Crippen molar-refractivity contribution in [3.05, 3.63) is 0 Å². The van der Waals surface area contributed by atoms with E-state index >= 15 is 0 Å². The van der Waals surface area contributed by atoms with E-state index in [0.29, 0.717) is 32.3 Å². The lowest BCUT2D eigenvalue weighted by atomic mass is 9.97. The van der Waals surface area contributed by atoms with Gasteiger partial charge in [-0.15, -0.1) is 0 Å². The van der Waals surface area contributed by atoms with Crippen LogP contribution in [-0.4, -0.2) is 42.6 Å². The average molecular weight is 224 g/mol. The second-order valence-corrected chi connectivity index (χ2v) is 5.20. The molecule has 1 aliphatic rings. The van der Waals surface area contributed by atoms with Crippen LogP contribution in [0.4, 0.5) is 0 Å². The van der Waals surface area contributed by atoms with E-state index < -0.39 is 15.4 Å². The van der Waals surface area contributed by atoms with Crippen LogP contribution in [0.25, 0.3) is 0 Å². The molecule has 0 radical (unpaired) electrons. The first-order valence-corrected chi connectivity index (χ1v) is 6.23. The Morgan fingerprint density at radius 2 is 1.79 bits per heavy atom. The number of ether oxygens (including phenoxy) is 1. The van der Waals surface area contributed by atoms with Crippen molar-refractivity contribution < 1.29 is 22.8 Å². The van der Waals surface area contributed by atoms with E-state index in [0.717, 1.165) is 0 Å². The van der Waals surface area contributed by atoms with Gasteiger partial charge < -0.3 is 9.84 Å². The minimum atomic E-state index is -3.87. The van der Waals surface area contributed by atoms with Gasteiger partial charge in [-0.05, 0) is 25.7 Å². The lowest BCUT2D eigenvalue weighted by molar-refractivity contribution is 0.00905. The molecule has 0 atom stereocenters. The Balaban J connectivity index is 2.31. The van der Waals surface area contributed by atoms with Crippen LogP contribution in [0.2, 0.25) is 0 Å². The van der Waals surface area contributed by atoms with Crippen molar-refractivity contribution in [2.75, 3.05) is 13.2 Å². The minimum absolute atomic E-state index is 0.0156. The van der Waals surface area contributed by atoms with Crippen LogP contribution < -0.4 is 0 Å². The third kappa shape index (κ3) is 3.53. The van der Waals surface area contributed by atoms with Gasteiger partial charge in [0, 0.05) is 0 Å². The summed E-state index contributed by atoms with van der Waals surface area (Å²) in [4.78, 5) is 0. The Morgan fingerprint density at radius 1 is 1.21 bits per heavy atom. The van der Waals surface area contributed by atoms with E-state index in [2.05, 4.69) is 0 Å². The van der Waals surface area contributed by atoms with E-state index in [-0.39, 0.29) is 12.7 Å². The average Bonchev–Trinajstić information content (AvgIpc) is 2.14. The molecule has 1 aliphatic carbocycles. The molecule has 84 valence electrons. The number of hydrogen-bond donors (Lipinski definition) is 2. The Kier molecular flexibility index (Phi) is 4.31. The number of aliphatic hydroxyl groups is 1. The summed E-state index contributed by atoms with van der Waals surface area (Å²) in [7, 11) is -3.87. The number of aliphatic hydroxyl groups excluding tert-OH is 1. The molecule has 1 saturated carbocycles. The molecule has 0 heterocycles. The third-order valence-corrected chi connectivity index (χ3v) is 3.80. The van der Waals surface area contributed by atoms with Crippen molar-refractivity contribution in [3.8, 4) is 0 Å². The van der Waals surface area contributed by atoms with Gasteiger partial charge in [-0.2, -0.15) is 8.42 Å². The molecule has 0 aromatic carbocycles. The summed E-state index contributed by atoms with van der Waals surface area (Å²) >= 11 is 0. The molecule has 0 amide bonds. The van der Waals surface area contributed by atoms with Gasteiger partial charge in [0.2, 0.25) is 0 Å². The predicted octanol–water partition coefficient (Wildman–Crippen LogP) is 0.194. The topological polar surface area (TPSA) is 83.8 Å². The van der Waals surface area contributed by atoms with Crippen molar-refractivity contribution in [2.24, 2.45) is 0 Å². The summed E-state index contributed by atoms with van der Waals surface area (Å²) in [6.45, 7) is 0.277. The van der Waals surface area contributed by atoms with Gasteiger partial charge >= 0.3 is 0 Å². The van der Waals surface area contributed by atoms with Crippen molar-refractivity contribution >= 4 is 10.1 Å². The third-order valence-electron chi connectivity index (χ3n) is 2.49. The van der Waals surface area contributed by atoms with E-state index in [4.69, 9.17) is 14.4 Å². The molecule has 1 rings (SSSR count). The van der Waals surface area contributed by atoms with Crippen molar-refractivity contribution in [1.82, 2.24) is 0 Å². The lowest BCUT2D eigenvalue weighted by Crippen LogP contribution is -2.30. The standard InChI is InChI=1S/C8H16O5S/c9-5-6-13-7-1-3-8(4-2-7)14(10,11)12/h7-9H,1-6H2,(H,10,11,12). The highest BCUT2D eigenvalue weighted by molar-refractivity contribution is 7.86. The summed E-state index contributed by atoms with van der Waals surface area (Å²) in [6.07, 6.45) is 2.17. The zero-order chi connectivity index (χ0) is 10.6. The molecule has 0 spiro atoms. The Labute approximate surface area is 83.8 Å². The summed E-state index contributed by atoms with van der Waals surface area (Å²) in [5.74, 6) is 0. The Morgan fingerprint density at radius 3 is 2.21 bits per heavy atom. The van der Waals surface area contributed by atoms with Crippen LogP contribution >= 0.6 is 0 Å². The van der Waals surface area contributed by atoms with Gasteiger partial charge in [-0.3, -0.25) is 4.55 Å². The molecule has 5 nitrogen and oxygen atoms in total. The minimum Gasteiger partial charge on any atom is -0.394 e. The van der Waals surface area contributed by atoms with Gasteiger partial charge in [0.25, 0.3) is 10.1 Å². The van der Waals surface area contributed by atoms with Crippen LogP contribution in [-0.2, 0) is 14.9 Å². The quantitative estimate of drug-likeness (QED) is 0.666. The molecule has 0 saturated heterocycles. The fourth-order valence-corrected chi connectivity index (χ4v) is 2.58.